The van der Waals surface area contributed by atoms with Crippen molar-refractivity contribution in [3.8, 4) is 0 Å². The highest BCUT2D eigenvalue weighted by Gasteiger charge is 2.33. The molecule has 1 aliphatic rings. The minimum atomic E-state index is -0.802. The van der Waals surface area contributed by atoms with E-state index in [-0.39, 0.29) is 0 Å². The quantitative estimate of drug-likeness (QED) is 0.719. The second-order valence-electron chi connectivity index (χ2n) is 6.48. The van der Waals surface area contributed by atoms with E-state index in [1.807, 2.05) is 6.92 Å². The molecular formula is C16H32N2O2. The van der Waals surface area contributed by atoms with Crippen LogP contribution in [0.1, 0.15) is 59.3 Å². The number of hydrogen-bond donors (Lipinski definition) is 2. The molecule has 1 saturated carbocycles. The van der Waals surface area contributed by atoms with Crippen LogP contribution in [0.25, 0.3) is 0 Å². The highest BCUT2D eigenvalue weighted by molar-refractivity contribution is 5.78. The molecule has 0 aromatic rings. The summed E-state index contributed by atoms with van der Waals surface area (Å²) >= 11 is 0. The molecule has 0 radical (unpaired) electrons. The minimum Gasteiger partial charge on any atom is -0.480 e. The largest absolute Gasteiger partial charge is 0.480 e. The molecule has 4 nitrogen and oxygen atoms in total. The summed E-state index contributed by atoms with van der Waals surface area (Å²) in [5.41, 5.74) is -0.802. The van der Waals surface area contributed by atoms with Gasteiger partial charge in [-0.2, -0.15) is 0 Å². The second-order valence-corrected chi connectivity index (χ2v) is 6.48. The summed E-state index contributed by atoms with van der Waals surface area (Å²) in [6.07, 6.45) is 7.14. The van der Waals surface area contributed by atoms with Crippen LogP contribution in [-0.2, 0) is 4.79 Å². The first-order valence-corrected chi connectivity index (χ1v) is 8.11. The summed E-state index contributed by atoms with van der Waals surface area (Å²) in [6.45, 7) is 7.56. The van der Waals surface area contributed by atoms with Crippen molar-refractivity contribution in [1.82, 2.24) is 10.2 Å². The Morgan fingerprint density at radius 3 is 2.35 bits per heavy atom. The Hall–Kier alpha value is -0.610. The Balaban J connectivity index is 2.42. The lowest BCUT2D eigenvalue weighted by atomic mass is 9.84. The Morgan fingerprint density at radius 2 is 1.90 bits per heavy atom. The molecule has 0 saturated heterocycles. The number of carboxylic acids is 1. The van der Waals surface area contributed by atoms with E-state index in [9.17, 15) is 9.90 Å². The number of carbonyl (C=O) groups is 1. The van der Waals surface area contributed by atoms with Crippen LogP contribution in [0.4, 0.5) is 0 Å². The van der Waals surface area contributed by atoms with Crippen molar-refractivity contribution in [2.45, 2.75) is 70.9 Å². The van der Waals surface area contributed by atoms with Gasteiger partial charge < -0.3 is 15.3 Å². The molecule has 118 valence electrons. The first-order valence-electron chi connectivity index (χ1n) is 8.11. The van der Waals surface area contributed by atoms with Crippen molar-refractivity contribution in [3.63, 3.8) is 0 Å². The zero-order valence-electron chi connectivity index (χ0n) is 13.6. The number of nitrogens with zero attached hydrogens (tertiary/aromatic N) is 1. The fraction of sp³-hybridized carbons (Fsp3) is 0.938. The van der Waals surface area contributed by atoms with Crippen LogP contribution in [0.15, 0.2) is 0 Å². The summed E-state index contributed by atoms with van der Waals surface area (Å²) in [5.74, 6) is 0.160. The van der Waals surface area contributed by atoms with E-state index < -0.39 is 11.5 Å². The van der Waals surface area contributed by atoms with Gasteiger partial charge in [-0.15, -0.1) is 0 Å². The van der Waals surface area contributed by atoms with Gasteiger partial charge in [0.15, 0.2) is 0 Å². The molecule has 0 heterocycles. The third kappa shape index (κ3) is 4.74. The normalized spacial score (nSPS) is 26.4. The maximum absolute atomic E-state index is 11.4. The molecule has 1 unspecified atom stereocenters. The molecule has 0 bridgehead atoms. The maximum Gasteiger partial charge on any atom is 0.323 e. The summed E-state index contributed by atoms with van der Waals surface area (Å²) in [4.78, 5) is 13.8. The van der Waals surface area contributed by atoms with E-state index in [2.05, 4.69) is 24.2 Å². The predicted molar refractivity (Wildman–Crippen MR) is 83.0 cm³/mol. The highest BCUT2D eigenvalue weighted by Crippen LogP contribution is 2.29. The second kappa shape index (κ2) is 7.99. The summed E-state index contributed by atoms with van der Waals surface area (Å²) in [5, 5.41) is 12.5. The fourth-order valence-corrected chi connectivity index (χ4v) is 3.24. The van der Waals surface area contributed by atoms with Gasteiger partial charge in [-0.05, 0) is 58.5 Å². The fourth-order valence-electron chi connectivity index (χ4n) is 3.24. The number of nitrogens with one attached hydrogen (secondary N) is 1. The molecule has 1 rings (SSSR count). The lowest BCUT2D eigenvalue weighted by Crippen LogP contribution is -2.51. The van der Waals surface area contributed by atoms with Crippen LogP contribution in [0, 0.1) is 5.92 Å². The number of rotatable bonds is 8. The Bertz CT molecular complexity index is 301. The van der Waals surface area contributed by atoms with Gasteiger partial charge in [-0.25, -0.2) is 0 Å². The van der Waals surface area contributed by atoms with E-state index in [1.165, 1.54) is 32.1 Å². The molecule has 4 heteroatoms. The average Bonchev–Trinajstić information content (AvgIpc) is 2.45. The number of likely N-dealkylation sites (N-methyl/N-ethyl adjacent to an activating group) is 1. The Kier molecular flexibility index (Phi) is 6.96. The predicted octanol–water partition coefficient (Wildman–Crippen LogP) is 2.73. The molecule has 0 aromatic carbocycles. The van der Waals surface area contributed by atoms with E-state index in [0.29, 0.717) is 19.0 Å². The van der Waals surface area contributed by atoms with E-state index in [0.717, 1.165) is 12.5 Å². The molecule has 2 N–H and O–H groups in total. The topological polar surface area (TPSA) is 52.6 Å². The van der Waals surface area contributed by atoms with Crippen molar-refractivity contribution in [1.29, 1.82) is 0 Å². The monoisotopic (exact) mass is 284 g/mol. The third-order valence-electron chi connectivity index (χ3n) is 5.02. The van der Waals surface area contributed by atoms with Crippen LogP contribution in [0.5, 0.6) is 0 Å². The van der Waals surface area contributed by atoms with Crippen molar-refractivity contribution in [3.05, 3.63) is 0 Å². The van der Waals surface area contributed by atoms with Crippen LogP contribution in [-0.4, -0.2) is 47.7 Å². The minimum absolute atomic E-state index is 0.637. The lowest BCUT2D eigenvalue weighted by molar-refractivity contribution is -0.144. The van der Waals surface area contributed by atoms with Crippen molar-refractivity contribution >= 4 is 5.97 Å². The van der Waals surface area contributed by atoms with Crippen LogP contribution in [0.2, 0.25) is 0 Å². The number of hydrogen-bond acceptors (Lipinski definition) is 3. The van der Waals surface area contributed by atoms with E-state index in [1.54, 1.807) is 6.92 Å². The zero-order chi connectivity index (χ0) is 15.2. The van der Waals surface area contributed by atoms with Crippen LogP contribution >= 0.6 is 0 Å². The van der Waals surface area contributed by atoms with Gasteiger partial charge in [-0.3, -0.25) is 4.79 Å². The molecule has 1 aliphatic carbocycles. The summed E-state index contributed by atoms with van der Waals surface area (Å²) in [6, 6.07) is 0.637. The van der Waals surface area contributed by atoms with Gasteiger partial charge in [0.25, 0.3) is 0 Å². The third-order valence-corrected chi connectivity index (χ3v) is 5.02. The molecule has 1 atom stereocenters. The first kappa shape index (κ1) is 17.4. The van der Waals surface area contributed by atoms with E-state index in [4.69, 9.17) is 0 Å². The van der Waals surface area contributed by atoms with Crippen molar-refractivity contribution in [2.24, 2.45) is 5.92 Å². The van der Waals surface area contributed by atoms with Gasteiger partial charge in [0.05, 0.1) is 0 Å². The molecular weight excluding hydrogens is 252 g/mol. The smallest absolute Gasteiger partial charge is 0.323 e. The van der Waals surface area contributed by atoms with Crippen LogP contribution in [0.3, 0.4) is 0 Å². The summed E-state index contributed by atoms with van der Waals surface area (Å²) < 4.78 is 0. The van der Waals surface area contributed by atoms with Crippen LogP contribution < -0.4 is 5.32 Å². The first-order chi connectivity index (χ1) is 9.42. The van der Waals surface area contributed by atoms with E-state index >= 15 is 0 Å². The maximum atomic E-state index is 11.4. The van der Waals surface area contributed by atoms with Gasteiger partial charge in [-0.1, -0.05) is 20.3 Å². The molecule has 0 amide bonds. The molecule has 0 aromatic heterocycles. The Labute approximate surface area is 123 Å². The van der Waals surface area contributed by atoms with Gasteiger partial charge in [0, 0.05) is 12.6 Å². The standard InChI is InChI=1S/C16H32N2O2/c1-5-13-7-9-14(10-8-13)18(4)12-11-16(3,15(19)20)17-6-2/h13-14,17H,5-12H2,1-4H3,(H,19,20). The highest BCUT2D eigenvalue weighted by atomic mass is 16.4. The lowest BCUT2D eigenvalue weighted by Gasteiger charge is -2.36. The van der Waals surface area contributed by atoms with Gasteiger partial charge in [0.1, 0.15) is 5.54 Å². The van der Waals surface area contributed by atoms with Crippen molar-refractivity contribution < 1.29 is 9.90 Å². The zero-order valence-corrected chi connectivity index (χ0v) is 13.6. The number of aliphatic carboxylic acids is 1. The SMILES string of the molecule is CCNC(C)(CCN(C)C1CCC(CC)CC1)C(=O)O. The average molecular weight is 284 g/mol. The van der Waals surface area contributed by atoms with Gasteiger partial charge in [0.2, 0.25) is 0 Å². The van der Waals surface area contributed by atoms with Gasteiger partial charge >= 0.3 is 5.97 Å². The Morgan fingerprint density at radius 1 is 1.30 bits per heavy atom. The molecule has 20 heavy (non-hydrogen) atoms. The number of carboxylic acid groups (broad SMARTS) is 1. The molecule has 0 aliphatic heterocycles. The van der Waals surface area contributed by atoms with Crippen molar-refractivity contribution in [2.75, 3.05) is 20.1 Å². The summed E-state index contributed by atoms with van der Waals surface area (Å²) in [7, 11) is 2.14. The molecule has 1 fully saturated rings. The molecule has 0 spiro atoms.